The van der Waals surface area contributed by atoms with Crippen LogP contribution >= 0.6 is 0 Å². The van der Waals surface area contributed by atoms with Gasteiger partial charge in [0, 0.05) is 75.9 Å². The maximum Gasteiger partial charge on any atom is 0.289 e. The zero-order chi connectivity index (χ0) is 52.8. The van der Waals surface area contributed by atoms with Crippen LogP contribution in [0.3, 0.4) is 0 Å². The van der Waals surface area contributed by atoms with Crippen LogP contribution in [-0.4, -0.2) is 137 Å². The standard InChI is InChI=1S/C57H74N10O8/c1-38(2)44-32-46(50(70)34-48(44)68)52-60-62-54(66(52)42-18-14-40(15-19-42)36-64-24-28-74-29-25-64)56(72)58-22-12-10-8-6-5-7-9-11-13-23-59-57(73)55-63-61-53(47-33-45(39(3)4)49(69)35-51(47)71)67(55)43-20-16-41(17-21-43)37-65-26-30-75-31-27-65/h14-21,32-35,38-39,68-71H,5-13,22-31,36-37H2,1-4H3,(H,58,72)(H,59,73). The molecule has 6 aromatic rings. The highest BCUT2D eigenvalue weighted by Gasteiger charge is 2.27. The van der Waals surface area contributed by atoms with Crippen molar-refractivity contribution in [2.24, 2.45) is 0 Å². The largest absolute Gasteiger partial charge is 0.508 e. The van der Waals surface area contributed by atoms with Gasteiger partial charge < -0.3 is 40.5 Å². The summed E-state index contributed by atoms with van der Waals surface area (Å²) in [4.78, 5) is 32.2. The van der Waals surface area contributed by atoms with Gasteiger partial charge in [-0.1, -0.05) is 96.9 Å². The fraction of sp³-hybridized carbons (Fsp3) is 0.474. The number of benzene rings is 4. The van der Waals surface area contributed by atoms with Crippen LogP contribution in [-0.2, 0) is 22.6 Å². The number of phenolic OH excluding ortho intramolecular Hbond substituents is 4. The SMILES string of the molecule is CC(C)c1cc(-c2nnc(C(=O)NCCCCCCCCCCCNC(=O)c3nnc(-c4cc(C(C)C)c(O)cc4O)n3-c3ccc(CN4CCOCC4)cc3)n2-c2ccc(CN3CCOCC3)cc2)c(O)cc1O. The number of unbranched alkanes of at least 4 members (excludes halogenated alkanes) is 8. The average molecular weight is 1030 g/mol. The summed E-state index contributed by atoms with van der Waals surface area (Å²) in [5.74, 6) is -0.302. The molecule has 0 saturated carbocycles. The van der Waals surface area contributed by atoms with Crippen molar-refractivity contribution in [3.8, 4) is 57.1 Å². The minimum atomic E-state index is -0.365. The van der Waals surface area contributed by atoms with E-state index in [4.69, 9.17) is 9.47 Å². The van der Waals surface area contributed by atoms with Crippen molar-refractivity contribution in [1.82, 2.24) is 50.0 Å². The number of aromatic nitrogens is 6. The normalized spacial score (nSPS) is 14.5. The van der Waals surface area contributed by atoms with Crippen molar-refractivity contribution < 1.29 is 39.5 Å². The van der Waals surface area contributed by atoms with E-state index in [0.717, 1.165) is 108 Å². The predicted octanol–water partition coefficient (Wildman–Crippen LogP) is 8.59. The molecule has 2 aliphatic rings. The fourth-order valence-corrected chi connectivity index (χ4v) is 9.76. The van der Waals surface area contributed by atoms with Gasteiger partial charge in [-0.15, -0.1) is 20.4 Å². The maximum atomic E-state index is 13.8. The first kappa shape index (κ1) is 54.4. The Balaban J connectivity index is 0.791. The lowest BCUT2D eigenvalue weighted by Crippen LogP contribution is -2.35. The van der Waals surface area contributed by atoms with Crippen LogP contribution in [0.2, 0.25) is 0 Å². The highest BCUT2D eigenvalue weighted by molar-refractivity contribution is 5.93. The van der Waals surface area contributed by atoms with Crippen LogP contribution < -0.4 is 10.6 Å². The first-order valence-electron chi connectivity index (χ1n) is 26.7. The van der Waals surface area contributed by atoms with Crippen LogP contribution in [0.4, 0.5) is 0 Å². The van der Waals surface area contributed by atoms with Gasteiger partial charge in [0.2, 0.25) is 11.6 Å². The van der Waals surface area contributed by atoms with Crippen molar-refractivity contribution in [2.75, 3.05) is 65.7 Å². The second-order valence-electron chi connectivity index (χ2n) is 20.3. The van der Waals surface area contributed by atoms with E-state index in [-0.39, 0.29) is 58.3 Å². The van der Waals surface area contributed by atoms with E-state index in [1.807, 2.05) is 76.2 Å². The van der Waals surface area contributed by atoms with E-state index in [0.29, 0.717) is 84.8 Å². The highest BCUT2D eigenvalue weighted by atomic mass is 16.5. The van der Waals surface area contributed by atoms with Gasteiger partial charge >= 0.3 is 0 Å². The number of nitrogens with zero attached hydrogens (tertiary/aromatic N) is 8. The predicted molar refractivity (Wildman–Crippen MR) is 287 cm³/mol. The number of aromatic hydroxyl groups is 4. The molecule has 8 rings (SSSR count). The van der Waals surface area contributed by atoms with Gasteiger partial charge in [-0.3, -0.25) is 28.5 Å². The lowest BCUT2D eigenvalue weighted by Gasteiger charge is -2.26. The lowest BCUT2D eigenvalue weighted by atomic mass is 9.98. The molecule has 2 aliphatic heterocycles. The molecule has 400 valence electrons. The Hall–Kier alpha value is -6.86. The summed E-state index contributed by atoms with van der Waals surface area (Å²) in [6.45, 7) is 16.7. The number of carbonyl (C=O) groups is 2. The lowest BCUT2D eigenvalue weighted by molar-refractivity contribution is 0.0341. The third kappa shape index (κ3) is 13.9. The zero-order valence-electron chi connectivity index (χ0n) is 43.9. The van der Waals surface area contributed by atoms with Crippen LogP contribution in [0.1, 0.15) is 141 Å². The van der Waals surface area contributed by atoms with Crippen LogP contribution in [0.5, 0.6) is 23.0 Å². The van der Waals surface area contributed by atoms with E-state index < -0.39 is 0 Å². The molecule has 2 fully saturated rings. The van der Waals surface area contributed by atoms with Crippen LogP contribution in [0.15, 0.2) is 72.8 Å². The van der Waals surface area contributed by atoms with Crippen molar-refractivity contribution in [2.45, 2.75) is 110 Å². The number of phenols is 4. The Morgan fingerprint density at radius 3 is 1.19 bits per heavy atom. The Morgan fingerprint density at radius 1 is 0.493 bits per heavy atom. The molecule has 2 aromatic heterocycles. The third-order valence-corrected chi connectivity index (χ3v) is 14.1. The van der Waals surface area contributed by atoms with Gasteiger partial charge in [-0.25, -0.2) is 0 Å². The Bertz CT molecular complexity index is 2640. The van der Waals surface area contributed by atoms with Gasteiger partial charge in [0.25, 0.3) is 11.8 Å². The van der Waals surface area contributed by atoms with Gasteiger partial charge in [0.15, 0.2) is 11.6 Å². The van der Waals surface area contributed by atoms with E-state index in [1.54, 1.807) is 21.3 Å². The highest BCUT2D eigenvalue weighted by Crippen LogP contribution is 2.40. The molecule has 0 spiro atoms. The minimum absolute atomic E-state index is 0.00845. The number of hydrogen-bond acceptors (Lipinski definition) is 14. The van der Waals surface area contributed by atoms with Crippen LogP contribution in [0, 0.1) is 0 Å². The summed E-state index contributed by atoms with van der Waals surface area (Å²) in [5.41, 5.74) is 5.64. The molecule has 2 amide bonds. The number of rotatable bonds is 24. The Labute approximate surface area is 439 Å². The van der Waals surface area contributed by atoms with Gasteiger partial charge in [-0.05, 0) is 83.3 Å². The fourth-order valence-electron chi connectivity index (χ4n) is 9.76. The number of amides is 2. The van der Waals surface area contributed by atoms with Crippen molar-refractivity contribution in [3.63, 3.8) is 0 Å². The molecule has 4 aromatic carbocycles. The number of carbonyl (C=O) groups excluding carboxylic acids is 2. The molecule has 6 N–H and O–H groups in total. The second-order valence-corrected chi connectivity index (χ2v) is 20.3. The number of ether oxygens (including phenoxy) is 2. The smallest absolute Gasteiger partial charge is 0.289 e. The van der Waals surface area contributed by atoms with E-state index in [2.05, 4.69) is 40.8 Å². The van der Waals surface area contributed by atoms with Crippen molar-refractivity contribution in [3.05, 3.63) is 107 Å². The van der Waals surface area contributed by atoms with E-state index in [1.165, 1.54) is 12.1 Å². The molecule has 0 bridgehead atoms. The van der Waals surface area contributed by atoms with Crippen LogP contribution in [0.25, 0.3) is 34.2 Å². The zero-order valence-corrected chi connectivity index (χ0v) is 43.9. The number of morpholine rings is 2. The number of hydrogen-bond donors (Lipinski definition) is 6. The molecule has 75 heavy (non-hydrogen) atoms. The van der Waals surface area contributed by atoms with Crippen molar-refractivity contribution >= 4 is 11.8 Å². The van der Waals surface area contributed by atoms with Gasteiger partial charge in [-0.2, -0.15) is 0 Å². The molecule has 0 unspecified atom stereocenters. The minimum Gasteiger partial charge on any atom is -0.508 e. The topological polar surface area (TPSA) is 225 Å². The molecule has 18 heteroatoms. The summed E-state index contributed by atoms with van der Waals surface area (Å²) in [5, 5.41) is 66.8. The average Bonchev–Trinajstić information content (AvgIpc) is 4.05. The molecule has 4 heterocycles. The second kappa shape index (κ2) is 26.1. The molecular formula is C57H74N10O8. The molecule has 0 radical (unpaired) electrons. The first-order valence-corrected chi connectivity index (χ1v) is 26.7. The summed E-state index contributed by atoms with van der Waals surface area (Å²) in [7, 11) is 0. The molecular weight excluding hydrogens is 953 g/mol. The first-order chi connectivity index (χ1) is 36.4. The quantitative estimate of drug-likeness (QED) is 0.0313. The summed E-state index contributed by atoms with van der Waals surface area (Å²) in [6.07, 6.45) is 8.89. The van der Waals surface area contributed by atoms with E-state index in [9.17, 15) is 30.0 Å². The Morgan fingerprint density at radius 2 is 0.840 bits per heavy atom. The summed E-state index contributed by atoms with van der Waals surface area (Å²) < 4.78 is 14.4. The molecule has 18 nitrogen and oxygen atoms in total. The van der Waals surface area contributed by atoms with Gasteiger partial charge in [0.1, 0.15) is 23.0 Å². The summed E-state index contributed by atoms with van der Waals surface area (Å²) in [6, 6.07) is 21.9. The van der Waals surface area contributed by atoms with Crippen molar-refractivity contribution in [1.29, 1.82) is 0 Å². The summed E-state index contributed by atoms with van der Waals surface area (Å²) >= 11 is 0. The molecule has 2 saturated heterocycles. The monoisotopic (exact) mass is 1030 g/mol. The molecule has 0 atom stereocenters. The van der Waals surface area contributed by atoms with Gasteiger partial charge in [0.05, 0.1) is 37.6 Å². The number of nitrogens with one attached hydrogen (secondary N) is 2. The Kier molecular flexibility index (Phi) is 18.9. The maximum absolute atomic E-state index is 13.8. The van der Waals surface area contributed by atoms with E-state index >= 15 is 0 Å². The third-order valence-electron chi connectivity index (χ3n) is 14.1. The molecule has 0 aliphatic carbocycles.